The Kier molecular flexibility index (Phi) is 3.98. The Labute approximate surface area is 109 Å². The fourth-order valence-corrected chi connectivity index (χ4v) is 1.91. The number of carbonyl (C=O) groups is 1. The van der Waals surface area contributed by atoms with Gasteiger partial charge in [-0.2, -0.15) is 13.9 Å². The lowest BCUT2D eigenvalue weighted by Crippen LogP contribution is -2.52. The van der Waals surface area contributed by atoms with E-state index < -0.39 is 6.55 Å². The minimum atomic E-state index is -2.71. The lowest BCUT2D eigenvalue weighted by Gasteiger charge is -2.37. The molecule has 0 spiro atoms. The normalized spacial score (nSPS) is 23.7. The minimum absolute atomic E-state index is 0.0573. The number of carbonyl (C=O) groups excluding carboxylic acids is 1. The molecule has 2 unspecified atom stereocenters. The van der Waals surface area contributed by atoms with Crippen LogP contribution in [0.5, 0.6) is 0 Å². The fraction of sp³-hybridized carbons (Fsp3) is 0.636. The van der Waals surface area contributed by atoms with Crippen molar-refractivity contribution in [2.45, 2.75) is 32.5 Å². The van der Waals surface area contributed by atoms with Crippen LogP contribution >= 0.6 is 0 Å². The molecule has 106 valence electrons. The Bertz CT molecular complexity index is 452. The van der Waals surface area contributed by atoms with Crippen LogP contribution in [-0.4, -0.2) is 46.0 Å². The summed E-state index contributed by atoms with van der Waals surface area (Å²) in [7, 11) is 0. The summed E-state index contributed by atoms with van der Waals surface area (Å²) in [5.74, 6) is 0.108. The number of halogens is 2. The third-order valence-corrected chi connectivity index (χ3v) is 3.19. The second kappa shape index (κ2) is 5.52. The third-order valence-electron chi connectivity index (χ3n) is 3.19. The smallest absolute Gasteiger partial charge is 0.333 e. The summed E-state index contributed by atoms with van der Waals surface area (Å²) >= 11 is 0. The highest BCUT2D eigenvalue weighted by Crippen LogP contribution is 2.16. The van der Waals surface area contributed by atoms with Crippen LogP contribution in [0.15, 0.2) is 12.3 Å². The van der Waals surface area contributed by atoms with E-state index in [-0.39, 0.29) is 24.0 Å². The molecule has 1 N–H and O–H groups in total. The van der Waals surface area contributed by atoms with Gasteiger partial charge >= 0.3 is 12.6 Å². The number of amides is 2. The zero-order valence-corrected chi connectivity index (χ0v) is 10.7. The maximum atomic E-state index is 12.3. The summed E-state index contributed by atoms with van der Waals surface area (Å²) in [6, 6.07) is 0.895. The zero-order chi connectivity index (χ0) is 14.0. The number of hydrogen-bond donors (Lipinski definition) is 1. The van der Waals surface area contributed by atoms with Gasteiger partial charge in [0.2, 0.25) is 0 Å². The quantitative estimate of drug-likeness (QED) is 0.896. The van der Waals surface area contributed by atoms with E-state index in [1.54, 1.807) is 4.90 Å². The van der Waals surface area contributed by atoms with Crippen LogP contribution < -0.4 is 5.32 Å². The van der Waals surface area contributed by atoms with E-state index in [9.17, 15) is 13.6 Å². The summed E-state index contributed by atoms with van der Waals surface area (Å²) in [5.41, 5.74) is 0. The lowest BCUT2D eigenvalue weighted by molar-refractivity contribution is -0.0355. The zero-order valence-electron chi connectivity index (χ0n) is 10.7. The molecule has 2 amide bonds. The monoisotopic (exact) mass is 274 g/mol. The Morgan fingerprint density at radius 3 is 2.95 bits per heavy atom. The first kappa shape index (κ1) is 13.7. The molecule has 1 aromatic rings. The molecule has 2 heterocycles. The van der Waals surface area contributed by atoms with Crippen molar-refractivity contribution in [3.05, 3.63) is 12.3 Å². The van der Waals surface area contributed by atoms with Gasteiger partial charge in [0.25, 0.3) is 0 Å². The van der Waals surface area contributed by atoms with Gasteiger partial charge in [0.15, 0.2) is 5.82 Å². The molecule has 0 bridgehead atoms. The molecule has 2 atom stereocenters. The highest BCUT2D eigenvalue weighted by Gasteiger charge is 2.29. The summed E-state index contributed by atoms with van der Waals surface area (Å²) in [4.78, 5) is 13.6. The Balaban J connectivity index is 1.99. The third kappa shape index (κ3) is 3.01. The van der Waals surface area contributed by atoms with Crippen molar-refractivity contribution in [1.29, 1.82) is 0 Å². The van der Waals surface area contributed by atoms with Gasteiger partial charge in [-0.15, -0.1) is 0 Å². The van der Waals surface area contributed by atoms with E-state index in [1.807, 2.05) is 13.8 Å². The van der Waals surface area contributed by atoms with Crippen LogP contribution in [-0.2, 0) is 4.74 Å². The van der Waals surface area contributed by atoms with Gasteiger partial charge in [0.05, 0.1) is 18.8 Å². The predicted octanol–water partition coefficient (Wildman–Crippen LogP) is 1.92. The molecule has 0 aliphatic carbocycles. The molecule has 1 aliphatic heterocycles. The molecule has 19 heavy (non-hydrogen) atoms. The van der Waals surface area contributed by atoms with E-state index in [0.717, 1.165) is 6.20 Å². The molecule has 1 fully saturated rings. The molecule has 0 saturated carbocycles. The first-order valence-corrected chi connectivity index (χ1v) is 6.01. The molecule has 0 aromatic carbocycles. The Morgan fingerprint density at radius 1 is 1.58 bits per heavy atom. The number of nitrogens with one attached hydrogen (secondary N) is 1. The largest absolute Gasteiger partial charge is 0.375 e. The maximum absolute atomic E-state index is 12.3. The van der Waals surface area contributed by atoms with Crippen molar-refractivity contribution in [3.8, 4) is 0 Å². The first-order valence-electron chi connectivity index (χ1n) is 6.01. The molecule has 6 nitrogen and oxygen atoms in total. The number of urea groups is 1. The van der Waals surface area contributed by atoms with E-state index in [2.05, 4.69) is 10.4 Å². The second-order valence-electron chi connectivity index (χ2n) is 4.40. The average Bonchev–Trinajstić information content (AvgIpc) is 2.81. The van der Waals surface area contributed by atoms with E-state index in [1.165, 1.54) is 6.07 Å². The number of nitrogens with zero attached hydrogens (tertiary/aromatic N) is 3. The average molecular weight is 274 g/mol. The standard InChI is InChI=1S/C11H16F2N4O2/c1-7-8(2)19-6-5-16(7)11(18)14-9-3-4-17(15-9)10(12)13/h3-4,7-8,10H,5-6H2,1-2H3,(H,14,15,18). The van der Waals surface area contributed by atoms with Gasteiger partial charge in [-0.1, -0.05) is 0 Å². The number of aromatic nitrogens is 2. The van der Waals surface area contributed by atoms with Gasteiger partial charge in [-0.05, 0) is 13.8 Å². The van der Waals surface area contributed by atoms with Crippen LogP contribution in [0.1, 0.15) is 20.4 Å². The highest BCUT2D eigenvalue weighted by atomic mass is 19.3. The summed E-state index contributed by atoms with van der Waals surface area (Å²) < 4.78 is 30.6. The van der Waals surface area contributed by atoms with Crippen molar-refractivity contribution in [3.63, 3.8) is 0 Å². The van der Waals surface area contributed by atoms with Crippen molar-refractivity contribution in [2.75, 3.05) is 18.5 Å². The van der Waals surface area contributed by atoms with Crippen molar-refractivity contribution in [1.82, 2.24) is 14.7 Å². The van der Waals surface area contributed by atoms with Crippen molar-refractivity contribution >= 4 is 11.8 Å². The van der Waals surface area contributed by atoms with Gasteiger partial charge in [-0.25, -0.2) is 9.48 Å². The maximum Gasteiger partial charge on any atom is 0.333 e. The minimum Gasteiger partial charge on any atom is -0.375 e. The number of ether oxygens (including phenoxy) is 1. The molecule has 1 saturated heterocycles. The summed E-state index contributed by atoms with van der Waals surface area (Å²) in [6.07, 6.45) is 1.06. The first-order chi connectivity index (χ1) is 8.99. The number of hydrogen-bond acceptors (Lipinski definition) is 3. The molecular weight excluding hydrogens is 258 g/mol. The van der Waals surface area contributed by atoms with E-state index in [4.69, 9.17) is 4.74 Å². The SMILES string of the molecule is CC1OCCN(C(=O)Nc2ccn(C(F)F)n2)C1C. The van der Waals surface area contributed by atoms with Gasteiger partial charge in [0.1, 0.15) is 0 Å². The molecule has 1 aromatic heterocycles. The topological polar surface area (TPSA) is 59.4 Å². The number of rotatable bonds is 2. The van der Waals surface area contributed by atoms with Crippen LogP contribution in [0.25, 0.3) is 0 Å². The van der Waals surface area contributed by atoms with Crippen molar-refractivity contribution in [2.24, 2.45) is 0 Å². The molecule has 1 aliphatic rings. The fourth-order valence-electron chi connectivity index (χ4n) is 1.91. The Morgan fingerprint density at radius 2 is 2.32 bits per heavy atom. The van der Waals surface area contributed by atoms with E-state index in [0.29, 0.717) is 17.8 Å². The summed E-state index contributed by atoms with van der Waals surface area (Å²) in [6.45, 7) is 1.97. The molecule has 0 radical (unpaired) electrons. The van der Waals surface area contributed by atoms with Gasteiger partial charge in [-0.3, -0.25) is 5.32 Å². The summed E-state index contributed by atoms with van der Waals surface area (Å²) in [5, 5.41) is 6.07. The van der Waals surface area contributed by atoms with Crippen LogP contribution in [0, 0.1) is 0 Å². The van der Waals surface area contributed by atoms with Gasteiger partial charge in [0, 0.05) is 18.8 Å². The van der Waals surface area contributed by atoms with E-state index >= 15 is 0 Å². The second-order valence-corrected chi connectivity index (χ2v) is 4.40. The van der Waals surface area contributed by atoms with Crippen LogP contribution in [0.2, 0.25) is 0 Å². The van der Waals surface area contributed by atoms with Crippen LogP contribution in [0.4, 0.5) is 19.4 Å². The number of anilines is 1. The predicted molar refractivity (Wildman–Crippen MR) is 64.1 cm³/mol. The molecule has 2 rings (SSSR count). The Hall–Kier alpha value is -1.70. The molecule has 8 heteroatoms. The number of morpholine rings is 1. The molecular formula is C11H16F2N4O2. The van der Waals surface area contributed by atoms with Crippen LogP contribution in [0.3, 0.4) is 0 Å². The van der Waals surface area contributed by atoms with Crippen molar-refractivity contribution < 1.29 is 18.3 Å². The highest BCUT2D eigenvalue weighted by molar-refractivity contribution is 5.88. The lowest BCUT2D eigenvalue weighted by atomic mass is 10.1. The van der Waals surface area contributed by atoms with Gasteiger partial charge < -0.3 is 9.64 Å². The number of alkyl halides is 2.